The molecule has 0 amide bonds. The highest BCUT2D eigenvalue weighted by Gasteiger charge is 2.33. The van der Waals surface area contributed by atoms with Crippen molar-refractivity contribution in [3.8, 4) is 0 Å². The van der Waals surface area contributed by atoms with Crippen molar-refractivity contribution in [2.45, 2.75) is 57.7 Å². The van der Waals surface area contributed by atoms with Crippen molar-refractivity contribution >= 4 is 0 Å². The highest BCUT2D eigenvalue weighted by Crippen LogP contribution is 2.27. The smallest absolute Gasteiger partial charge is 0.0196 e. The topological polar surface area (TPSA) is 15.3 Å². The molecule has 0 saturated carbocycles. The number of hydrogen-bond donors (Lipinski definition) is 1. The van der Waals surface area contributed by atoms with Crippen molar-refractivity contribution in [3.05, 3.63) is 35.4 Å². The minimum Gasteiger partial charge on any atom is -0.311 e. The first kappa shape index (κ1) is 13.1. The van der Waals surface area contributed by atoms with Gasteiger partial charge in [0.2, 0.25) is 0 Å². The minimum atomic E-state index is 0.674. The molecule has 2 aliphatic rings. The van der Waals surface area contributed by atoms with E-state index in [-0.39, 0.29) is 0 Å². The maximum Gasteiger partial charge on any atom is 0.0196 e. The zero-order chi connectivity index (χ0) is 13.2. The number of fused-ring (bicyclic) bond motifs is 1. The second kappa shape index (κ2) is 5.64. The third-order valence-corrected chi connectivity index (χ3v) is 4.83. The van der Waals surface area contributed by atoms with Crippen LogP contribution < -0.4 is 5.32 Å². The van der Waals surface area contributed by atoms with Crippen molar-refractivity contribution in [2.75, 3.05) is 13.1 Å². The fourth-order valence-electron chi connectivity index (χ4n) is 3.77. The Morgan fingerprint density at radius 1 is 1.21 bits per heavy atom. The van der Waals surface area contributed by atoms with Crippen LogP contribution in [0.5, 0.6) is 0 Å². The highest BCUT2D eigenvalue weighted by molar-refractivity contribution is 5.33. The second-order valence-electron chi connectivity index (χ2n) is 6.27. The average Bonchev–Trinajstić information content (AvgIpc) is 2.85. The van der Waals surface area contributed by atoms with E-state index in [1.807, 2.05) is 0 Å². The average molecular weight is 258 g/mol. The predicted molar refractivity (Wildman–Crippen MR) is 80.5 cm³/mol. The zero-order valence-electron chi connectivity index (χ0n) is 12.2. The monoisotopic (exact) mass is 258 g/mol. The van der Waals surface area contributed by atoms with Crippen LogP contribution in [0.25, 0.3) is 0 Å². The first-order valence-electron chi connectivity index (χ1n) is 7.84. The van der Waals surface area contributed by atoms with Crippen molar-refractivity contribution in [1.29, 1.82) is 0 Å². The first-order chi connectivity index (χ1) is 9.28. The van der Waals surface area contributed by atoms with Crippen molar-refractivity contribution in [1.82, 2.24) is 10.2 Å². The van der Waals surface area contributed by atoms with Crippen molar-refractivity contribution in [2.24, 2.45) is 0 Å². The van der Waals surface area contributed by atoms with Crippen LogP contribution in [0, 0.1) is 0 Å². The van der Waals surface area contributed by atoms with E-state index in [1.165, 1.54) is 32.2 Å². The molecule has 2 nitrogen and oxygen atoms in total. The Kier molecular flexibility index (Phi) is 3.90. The van der Waals surface area contributed by atoms with Crippen molar-refractivity contribution in [3.63, 3.8) is 0 Å². The Labute approximate surface area is 117 Å². The summed E-state index contributed by atoms with van der Waals surface area (Å²) in [6.07, 6.45) is 5.09. The van der Waals surface area contributed by atoms with Crippen LogP contribution in [0.1, 0.15) is 37.8 Å². The van der Waals surface area contributed by atoms with Gasteiger partial charge in [-0.1, -0.05) is 37.6 Å². The largest absolute Gasteiger partial charge is 0.311 e. The van der Waals surface area contributed by atoms with Gasteiger partial charge < -0.3 is 5.32 Å². The van der Waals surface area contributed by atoms with E-state index in [9.17, 15) is 0 Å². The zero-order valence-corrected chi connectivity index (χ0v) is 12.2. The number of rotatable bonds is 3. The normalized spacial score (nSPS) is 28.5. The Bertz CT molecular complexity index is 404. The van der Waals surface area contributed by atoms with Crippen LogP contribution in [-0.2, 0) is 12.8 Å². The molecule has 0 radical (unpaired) electrons. The van der Waals surface area contributed by atoms with Gasteiger partial charge in [-0.2, -0.15) is 0 Å². The second-order valence-corrected chi connectivity index (χ2v) is 6.27. The molecule has 1 saturated heterocycles. The first-order valence-corrected chi connectivity index (χ1v) is 7.84. The molecule has 0 bridgehead atoms. The third-order valence-electron chi connectivity index (χ3n) is 4.83. The summed E-state index contributed by atoms with van der Waals surface area (Å²) in [7, 11) is 0. The SMILES string of the molecule is CCCC1CN(C2Cc3ccccc3C2)C(C)CN1. The molecule has 104 valence electrons. The maximum atomic E-state index is 3.70. The quantitative estimate of drug-likeness (QED) is 0.896. The maximum absolute atomic E-state index is 3.70. The van der Waals surface area contributed by atoms with Crippen LogP contribution in [-0.4, -0.2) is 36.1 Å². The molecule has 2 heteroatoms. The number of benzene rings is 1. The summed E-state index contributed by atoms with van der Waals surface area (Å²) in [5, 5.41) is 3.70. The summed E-state index contributed by atoms with van der Waals surface area (Å²) < 4.78 is 0. The molecule has 1 aromatic rings. The lowest BCUT2D eigenvalue weighted by atomic mass is 10.0. The van der Waals surface area contributed by atoms with E-state index in [1.54, 1.807) is 11.1 Å². The molecule has 0 aromatic heterocycles. The predicted octanol–water partition coefficient (Wildman–Crippen LogP) is 2.62. The van der Waals surface area contributed by atoms with Gasteiger partial charge in [-0.15, -0.1) is 0 Å². The Morgan fingerprint density at radius 3 is 2.53 bits per heavy atom. The van der Waals surface area contributed by atoms with Crippen LogP contribution in [0.15, 0.2) is 24.3 Å². The van der Waals surface area contributed by atoms with E-state index >= 15 is 0 Å². The number of piperazine rings is 1. The standard InChI is InChI=1S/C17H26N2/c1-3-6-16-12-19(13(2)11-18-16)17-9-14-7-4-5-8-15(14)10-17/h4-5,7-8,13,16-18H,3,6,9-12H2,1-2H3. The van der Waals surface area contributed by atoms with Gasteiger partial charge in [-0.05, 0) is 37.3 Å². The highest BCUT2D eigenvalue weighted by atomic mass is 15.3. The van der Waals surface area contributed by atoms with E-state index in [0.717, 1.165) is 12.6 Å². The van der Waals surface area contributed by atoms with Crippen molar-refractivity contribution < 1.29 is 0 Å². The number of nitrogens with one attached hydrogen (secondary N) is 1. The molecule has 19 heavy (non-hydrogen) atoms. The summed E-state index contributed by atoms with van der Waals surface area (Å²) in [6.45, 7) is 7.04. The lowest BCUT2D eigenvalue weighted by Gasteiger charge is -2.42. The Balaban J connectivity index is 1.69. The molecule has 2 unspecified atom stereocenters. The van der Waals surface area contributed by atoms with Gasteiger partial charge in [0.25, 0.3) is 0 Å². The van der Waals surface area contributed by atoms with E-state index < -0.39 is 0 Å². The van der Waals surface area contributed by atoms with Gasteiger partial charge in [0.15, 0.2) is 0 Å². The summed E-state index contributed by atoms with van der Waals surface area (Å²) >= 11 is 0. The molecule has 0 spiro atoms. The lowest BCUT2D eigenvalue weighted by Crippen LogP contribution is -2.58. The van der Waals surface area contributed by atoms with Crippen LogP contribution >= 0.6 is 0 Å². The minimum absolute atomic E-state index is 0.674. The molecular formula is C17H26N2. The molecule has 3 rings (SSSR count). The number of nitrogens with zero attached hydrogens (tertiary/aromatic N) is 1. The fraction of sp³-hybridized carbons (Fsp3) is 0.647. The van der Waals surface area contributed by atoms with Gasteiger partial charge in [-0.25, -0.2) is 0 Å². The number of hydrogen-bond acceptors (Lipinski definition) is 2. The molecule has 1 aromatic carbocycles. The van der Waals surface area contributed by atoms with Crippen LogP contribution in [0.3, 0.4) is 0 Å². The van der Waals surface area contributed by atoms with Gasteiger partial charge in [-0.3, -0.25) is 4.90 Å². The van der Waals surface area contributed by atoms with Gasteiger partial charge in [0.1, 0.15) is 0 Å². The molecule has 1 N–H and O–H groups in total. The van der Waals surface area contributed by atoms with Crippen LogP contribution in [0.4, 0.5) is 0 Å². The molecule has 2 atom stereocenters. The molecular weight excluding hydrogens is 232 g/mol. The summed E-state index contributed by atoms with van der Waals surface area (Å²) in [5.41, 5.74) is 3.15. The molecule has 1 heterocycles. The molecule has 1 fully saturated rings. The van der Waals surface area contributed by atoms with Gasteiger partial charge >= 0.3 is 0 Å². The van der Waals surface area contributed by atoms with Crippen LogP contribution in [0.2, 0.25) is 0 Å². The Hall–Kier alpha value is -0.860. The van der Waals surface area contributed by atoms with Gasteiger partial charge in [0, 0.05) is 31.2 Å². The summed E-state index contributed by atoms with van der Waals surface area (Å²) in [5.74, 6) is 0. The third kappa shape index (κ3) is 2.70. The molecule has 1 aliphatic heterocycles. The fourth-order valence-corrected chi connectivity index (χ4v) is 3.77. The van der Waals surface area contributed by atoms with E-state index in [0.29, 0.717) is 12.1 Å². The summed E-state index contributed by atoms with van der Waals surface area (Å²) in [4.78, 5) is 2.76. The molecule has 1 aliphatic carbocycles. The summed E-state index contributed by atoms with van der Waals surface area (Å²) in [6, 6.07) is 11.1. The van der Waals surface area contributed by atoms with E-state index in [2.05, 4.69) is 48.3 Å². The Morgan fingerprint density at radius 2 is 1.89 bits per heavy atom. The van der Waals surface area contributed by atoms with Gasteiger partial charge in [0.05, 0.1) is 0 Å². The van der Waals surface area contributed by atoms with E-state index in [4.69, 9.17) is 0 Å². The lowest BCUT2D eigenvalue weighted by molar-refractivity contribution is 0.0921.